The molecular formula is C42H48F6N4O2S2. The SMILES string of the molecule is CCSc1nc2cc(C(F)(F)F)ccc2c(C)c1NC(=O)CCC1CCCC1.CCSc1nc2cc(C(F)(F)F)ccc2cc1NC(=O)CC1CC2CCC1C2. The van der Waals surface area contributed by atoms with E-state index in [-0.39, 0.29) is 17.3 Å². The zero-order chi connectivity index (χ0) is 40.2. The van der Waals surface area contributed by atoms with Crippen LogP contribution in [0.4, 0.5) is 37.7 Å². The molecule has 0 saturated heterocycles. The number of aromatic nitrogens is 2. The van der Waals surface area contributed by atoms with E-state index in [1.165, 1.54) is 80.6 Å². The Kier molecular flexibility index (Phi) is 13.5. The fraction of sp³-hybridized carbons (Fsp3) is 0.524. The molecule has 3 saturated carbocycles. The van der Waals surface area contributed by atoms with Gasteiger partial charge < -0.3 is 10.6 Å². The summed E-state index contributed by atoms with van der Waals surface area (Å²) in [6.45, 7) is 5.72. The highest BCUT2D eigenvalue weighted by Crippen LogP contribution is 2.49. The number of anilines is 2. The van der Waals surface area contributed by atoms with Crippen LogP contribution in [-0.4, -0.2) is 33.3 Å². The fourth-order valence-corrected chi connectivity index (χ4v) is 10.0. The van der Waals surface area contributed by atoms with E-state index in [0.717, 1.165) is 48.6 Å². The topological polar surface area (TPSA) is 84.0 Å². The van der Waals surface area contributed by atoms with Crippen molar-refractivity contribution in [2.75, 3.05) is 22.1 Å². The molecule has 2 aromatic carbocycles. The predicted molar refractivity (Wildman–Crippen MR) is 213 cm³/mol. The second-order valence-corrected chi connectivity index (χ2v) is 17.7. The summed E-state index contributed by atoms with van der Waals surface area (Å²) in [5.74, 6) is 3.91. The molecule has 0 spiro atoms. The molecule has 302 valence electrons. The Bertz CT molecular complexity index is 2050. The number of amides is 2. The maximum Gasteiger partial charge on any atom is 0.416 e. The number of halogens is 6. The molecule has 6 nitrogen and oxygen atoms in total. The van der Waals surface area contributed by atoms with Crippen LogP contribution in [0.25, 0.3) is 21.8 Å². The summed E-state index contributed by atoms with van der Waals surface area (Å²) in [6, 6.07) is 8.85. The summed E-state index contributed by atoms with van der Waals surface area (Å²) in [5, 5.41) is 8.30. The number of carbonyl (C=O) groups is 2. The molecule has 2 aromatic heterocycles. The van der Waals surface area contributed by atoms with Crippen LogP contribution >= 0.6 is 23.5 Å². The van der Waals surface area contributed by atoms with E-state index in [1.54, 1.807) is 6.07 Å². The number of benzene rings is 2. The van der Waals surface area contributed by atoms with Gasteiger partial charge in [-0.3, -0.25) is 9.59 Å². The van der Waals surface area contributed by atoms with Crippen LogP contribution in [0.3, 0.4) is 0 Å². The molecule has 3 unspecified atom stereocenters. The van der Waals surface area contributed by atoms with Gasteiger partial charge in [0.05, 0.1) is 33.5 Å². The highest BCUT2D eigenvalue weighted by Gasteiger charge is 2.40. The number of nitrogens with one attached hydrogen (secondary N) is 2. The Balaban J connectivity index is 0.000000190. The van der Waals surface area contributed by atoms with Crippen LogP contribution in [0.2, 0.25) is 0 Å². The largest absolute Gasteiger partial charge is 0.416 e. The maximum atomic E-state index is 13.0. The zero-order valence-corrected chi connectivity index (χ0v) is 33.5. The standard InChI is InChI=1S/C21H23F3N2OS.C21H25F3N2OS/c1-2-28-20-18(25-19(27)10-15-8-12-3-4-13(15)7-12)9-14-5-6-16(21(22,23)24)11-17(14)26-20;1-3-28-20-19(26-18(27)11-8-14-6-4-5-7-14)13(2)16-10-9-15(21(22,23)24)12-17(16)25-20/h5-6,9,11-13,15H,2-4,7-8,10H2,1H3,(H,25,27);9-10,12,14H,3-8,11H2,1-2H3,(H,26,27). The van der Waals surface area contributed by atoms with E-state index in [2.05, 4.69) is 20.6 Å². The van der Waals surface area contributed by atoms with E-state index in [4.69, 9.17) is 0 Å². The van der Waals surface area contributed by atoms with Crippen molar-refractivity contribution in [2.45, 2.75) is 114 Å². The third kappa shape index (κ3) is 10.3. The number of rotatable bonds is 11. The predicted octanol–water partition coefficient (Wildman–Crippen LogP) is 12.7. The zero-order valence-electron chi connectivity index (χ0n) is 31.8. The molecule has 0 radical (unpaired) electrons. The second kappa shape index (κ2) is 18.0. The molecule has 4 aromatic rings. The molecule has 2 bridgehead atoms. The van der Waals surface area contributed by atoms with Crippen molar-refractivity contribution >= 4 is 68.5 Å². The van der Waals surface area contributed by atoms with Crippen molar-refractivity contribution in [1.82, 2.24) is 9.97 Å². The number of fused-ring (bicyclic) bond motifs is 4. The third-order valence-electron chi connectivity index (χ3n) is 11.3. The van der Waals surface area contributed by atoms with Gasteiger partial charge in [0.2, 0.25) is 11.8 Å². The van der Waals surface area contributed by atoms with Crippen LogP contribution in [0, 0.1) is 30.6 Å². The van der Waals surface area contributed by atoms with Crippen LogP contribution < -0.4 is 10.6 Å². The van der Waals surface area contributed by atoms with Gasteiger partial charge in [0.25, 0.3) is 0 Å². The van der Waals surface area contributed by atoms with Crippen molar-refractivity contribution in [3.05, 3.63) is 59.2 Å². The molecule has 3 aliphatic carbocycles. The summed E-state index contributed by atoms with van der Waals surface area (Å²) in [4.78, 5) is 34.0. The van der Waals surface area contributed by atoms with Crippen molar-refractivity contribution in [2.24, 2.45) is 23.7 Å². The lowest BCUT2D eigenvalue weighted by molar-refractivity contribution is -0.138. The van der Waals surface area contributed by atoms with Crippen molar-refractivity contribution < 1.29 is 35.9 Å². The Morgan fingerprint density at radius 2 is 1.41 bits per heavy atom. The number of thioether (sulfide) groups is 2. The van der Waals surface area contributed by atoms with Crippen molar-refractivity contribution in [1.29, 1.82) is 0 Å². The molecule has 3 atom stereocenters. The molecule has 56 heavy (non-hydrogen) atoms. The number of pyridine rings is 2. The minimum Gasteiger partial charge on any atom is -0.324 e. The fourth-order valence-electron chi connectivity index (χ4n) is 8.53. The number of aryl methyl sites for hydroxylation is 1. The molecule has 0 aliphatic heterocycles. The molecule has 7 rings (SSSR count). The Hall–Kier alpha value is -3.52. The second-order valence-electron chi connectivity index (χ2n) is 15.2. The number of hydrogen-bond donors (Lipinski definition) is 2. The Labute approximate surface area is 332 Å². The lowest BCUT2D eigenvalue weighted by atomic mass is 9.86. The summed E-state index contributed by atoms with van der Waals surface area (Å²) in [5.41, 5.74) is 1.12. The minimum atomic E-state index is -4.41. The first-order chi connectivity index (χ1) is 26.6. The quantitative estimate of drug-likeness (QED) is 0.116. The van der Waals surface area contributed by atoms with Crippen LogP contribution in [0.1, 0.15) is 101 Å². The van der Waals surface area contributed by atoms with Crippen LogP contribution in [-0.2, 0) is 21.9 Å². The summed E-state index contributed by atoms with van der Waals surface area (Å²) in [6.07, 6.45) is 2.88. The summed E-state index contributed by atoms with van der Waals surface area (Å²) in [7, 11) is 0. The van der Waals surface area contributed by atoms with Gasteiger partial charge in [-0.1, -0.05) is 58.1 Å². The summed E-state index contributed by atoms with van der Waals surface area (Å²) < 4.78 is 78.1. The van der Waals surface area contributed by atoms with Gasteiger partial charge in [0.1, 0.15) is 10.1 Å². The van der Waals surface area contributed by atoms with Gasteiger partial charge >= 0.3 is 12.4 Å². The normalized spacial score (nSPS) is 19.7. The number of nitrogens with zero attached hydrogens (tertiary/aromatic N) is 2. The first-order valence-electron chi connectivity index (χ1n) is 19.5. The molecule has 2 heterocycles. The number of hydrogen-bond acceptors (Lipinski definition) is 6. The smallest absolute Gasteiger partial charge is 0.324 e. The molecule has 14 heteroatoms. The monoisotopic (exact) mass is 818 g/mol. The average molecular weight is 819 g/mol. The number of carbonyl (C=O) groups excluding carboxylic acids is 2. The van der Waals surface area contributed by atoms with Crippen molar-refractivity contribution in [3.8, 4) is 0 Å². The lowest BCUT2D eigenvalue weighted by Gasteiger charge is -2.21. The molecule has 2 amide bonds. The Morgan fingerprint density at radius 1 is 0.768 bits per heavy atom. The highest BCUT2D eigenvalue weighted by atomic mass is 32.2. The van der Waals surface area contributed by atoms with Gasteiger partial charge in [-0.25, -0.2) is 9.97 Å². The van der Waals surface area contributed by atoms with Crippen molar-refractivity contribution in [3.63, 3.8) is 0 Å². The van der Waals surface area contributed by atoms with Gasteiger partial charge in [0, 0.05) is 23.6 Å². The maximum absolute atomic E-state index is 13.0. The van der Waals surface area contributed by atoms with Crippen LogP contribution in [0.5, 0.6) is 0 Å². The average Bonchev–Trinajstić information content (AvgIpc) is 3.92. The van der Waals surface area contributed by atoms with Gasteiger partial charge in [0.15, 0.2) is 0 Å². The molecule has 2 N–H and O–H groups in total. The molecular weight excluding hydrogens is 771 g/mol. The molecule has 3 fully saturated rings. The summed E-state index contributed by atoms with van der Waals surface area (Å²) >= 11 is 2.84. The van der Waals surface area contributed by atoms with E-state index in [1.807, 2.05) is 20.8 Å². The Morgan fingerprint density at radius 3 is 2.04 bits per heavy atom. The highest BCUT2D eigenvalue weighted by molar-refractivity contribution is 7.99. The van der Waals surface area contributed by atoms with Gasteiger partial charge in [-0.05, 0) is 104 Å². The van der Waals surface area contributed by atoms with E-state index >= 15 is 0 Å². The van der Waals surface area contributed by atoms with E-state index in [0.29, 0.717) is 79.8 Å². The molecule has 3 aliphatic rings. The van der Waals surface area contributed by atoms with E-state index in [9.17, 15) is 35.9 Å². The van der Waals surface area contributed by atoms with Gasteiger partial charge in [-0.15, -0.1) is 23.5 Å². The van der Waals surface area contributed by atoms with Crippen LogP contribution in [0.15, 0.2) is 52.5 Å². The first kappa shape index (κ1) is 42.1. The minimum absolute atomic E-state index is 0.0245. The number of alkyl halides is 6. The van der Waals surface area contributed by atoms with Gasteiger partial charge in [-0.2, -0.15) is 26.3 Å². The first-order valence-corrected chi connectivity index (χ1v) is 21.5. The lowest BCUT2D eigenvalue weighted by Crippen LogP contribution is -2.20. The van der Waals surface area contributed by atoms with E-state index < -0.39 is 23.5 Å². The third-order valence-corrected chi connectivity index (χ3v) is 13.1.